The van der Waals surface area contributed by atoms with Crippen molar-refractivity contribution in [1.29, 1.82) is 0 Å². The summed E-state index contributed by atoms with van der Waals surface area (Å²) in [6.45, 7) is 2.13. The molecule has 2 amide bonds. The number of carbonyl (C=O) groups is 2. The van der Waals surface area contributed by atoms with E-state index in [1.165, 1.54) is 4.68 Å². The van der Waals surface area contributed by atoms with Crippen LogP contribution in [-0.4, -0.2) is 26.6 Å². The van der Waals surface area contributed by atoms with E-state index in [0.717, 1.165) is 0 Å². The smallest absolute Gasteiger partial charge is 0.276 e. The molecule has 0 spiro atoms. The minimum Gasteiger partial charge on any atom is -0.321 e. The summed E-state index contributed by atoms with van der Waals surface area (Å²) in [5.41, 5.74) is 0.682. The highest BCUT2D eigenvalue weighted by Crippen LogP contribution is 2.17. The molecule has 2 aromatic carbocycles. The number of nitrogens with one attached hydrogen (secondary N) is 2. The van der Waals surface area contributed by atoms with Crippen molar-refractivity contribution in [3.05, 3.63) is 94.5 Å². The van der Waals surface area contributed by atoms with Gasteiger partial charge in [-0.1, -0.05) is 30.3 Å². The van der Waals surface area contributed by atoms with E-state index >= 15 is 0 Å². The molecule has 8 nitrogen and oxygen atoms in total. The maximum absolute atomic E-state index is 13.0. The van der Waals surface area contributed by atoms with Gasteiger partial charge in [0.2, 0.25) is 0 Å². The van der Waals surface area contributed by atoms with Crippen LogP contribution in [0.2, 0.25) is 0 Å². The minimum atomic E-state index is -0.472. The molecule has 0 aliphatic rings. The Bertz CT molecular complexity index is 1330. The number of hydrogen-bond donors (Lipinski definition) is 2. The van der Waals surface area contributed by atoms with Gasteiger partial charge in [-0.2, -0.15) is 5.10 Å². The molecule has 31 heavy (non-hydrogen) atoms. The average Bonchev–Trinajstić information content (AvgIpc) is 2.80. The summed E-state index contributed by atoms with van der Waals surface area (Å²) >= 11 is 0. The van der Waals surface area contributed by atoms with E-state index in [1.807, 2.05) is 0 Å². The van der Waals surface area contributed by atoms with E-state index in [-0.39, 0.29) is 17.2 Å². The molecule has 0 fully saturated rings. The maximum Gasteiger partial charge on any atom is 0.276 e. The molecule has 0 saturated heterocycles. The van der Waals surface area contributed by atoms with Gasteiger partial charge in [-0.25, -0.2) is 9.67 Å². The summed E-state index contributed by atoms with van der Waals surface area (Å²) in [4.78, 5) is 42.0. The molecule has 0 atom stereocenters. The van der Waals surface area contributed by atoms with E-state index in [0.29, 0.717) is 34.4 Å². The standard InChI is InChI=1S/C23H19N5O3/c1-2-28-23(31)18-11-4-3-10-17(18)20(27-28)22(30)25-16-9-7-8-15(14-16)21(29)26-19-12-5-6-13-24-19/h3-14H,2H2,1H3,(H,25,30)(H,24,26,29). The van der Waals surface area contributed by atoms with E-state index < -0.39 is 5.91 Å². The van der Waals surface area contributed by atoms with E-state index in [4.69, 9.17) is 0 Å². The number of anilines is 2. The van der Waals surface area contributed by atoms with Crippen molar-refractivity contribution in [2.75, 3.05) is 10.6 Å². The van der Waals surface area contributed by atoms with Crippen molar-refractivity contribution in [1.82, 2.24) is 14.8 Å². The molecule has 2 aromatic heterocycles. The molecule has 8 heteroatoms. The molecule has 2 N–H and O–H groups in total. The van der Waals surface area contributed by atoms with Crippen molar-refractivity contribution in [3.8, 4) is 0 Å². The van der Waals surface area contributed by atoms with Crippen LogP contribution >= 0.6 is 0 Å². The summed E-state index contributed by atoms with van der Waals surface area (Å²) in [5, 5.41) is 10.6. The maximum atomic E-state index is 13.0. The monoisotopic (exact) mass is 413 g/mol. The topological polar surface area (TPSA) is 106 Å². The van der Waals surface area contributed by atoms with Gasteiger partial charge in [0.15, 0.2) is 5.69 Å². The molecule has 0 aliphatic carbocycles. The SMILES string of the molecule is CCn1nc(C(=O)Nc2cccc(C(=O)Nc3ccccn3)c2)c2ccccc2c1=O. The molecule has 4 rings (SSSR count). The normalized spacial score (nSPS) is 10.6. The average molecular weight is 413 g/mol. The third kappa shape index (κ3) is 4.18. The lowest BCUT2D eigenvalue weighted by Gasteiger charge is -2.11. The zero-order chi connectivity index (χ0) is 21.8. The first-order valence-electron chi connectivity index (χ1n) is 9.70. The lowest BCUT2D eigenvalue weighted by molar-refractivity contribution is 0.101. The van der Waals surface area contributed by atoms with Crippen LogP contribution in [0.15, 0.2) is 77.7 Å². The van der Waals surface area contributed by atoms with Gasteiger partial charge >= 0.3 is 0 Å². The summed E-state index contributed by atoms with van der Waals surface area (Å²) < 4.78 is 1.26. The Morgan fingerprint density at radius 3 is 2.42 bits per heavy atom. The number of rotatable bonds is 5. The molecule has 0 unspecified atom stereocenters. The Hall–Kier alpha value is -4.33. The van der Waals surface area contributed by atoms with Crippen LogP contribution in [0.3, 0.4) is 0 Å². The van der Waals surface area contributed by atoms with Crippen molar-refractivity contribution in [2.45, 2.75) is 13.5 Å². The lowest BCUT2D eigenvalue weighted by Crippen LogP contribution is -2.27. The molecular weight excluding hydrogens is 394 g/mol. The van der Waals surface area contributed by atoms with Gasteiger partial charge in [0.1, 0.15) is 5.82 Å². The van der Waals surface area contributed by atoms with Crippen LogP contribution in [0, 0.1) is 0 Å². The lowest BCUT2D eigenvalue weighted by atomic mass is 10.1. The largest absolute Gasteiger partial charge is 0.321 e. The third-order valence-corrected chi connectivity index (χ3v) is 4.67. The molecule has 2 heterocycles. The number of aromatic nitrogens is 3. The van der Waals surface area contributed by atoms with Crippen LogP contribution in [0.5, 0.6) is 0 Å². The molecule has 0 saturated carbocycles. The van der Waals surface area contributed by atoms with E-state index in [9.17, 15) is 14.4 Å². The van der Waals surface area contributed by atoms with Gasteiger partial charge in [0, 0.05) is 29.4 Å². The highest BCUT2D eigenvalue weighted by atomic mass is 16.2. The van der Waals surface area contributed by atoms with Gasteiger partial charge in [-0.15, -0.1) is 0 Å². The predicted molar refractivity (Wildman–Crippen MR) is 118 cm³/mol. The van der Waals surface area contributed by atoms with Crippen molar-refractivity contribution < 1.29 is 9.59 Å². The number of benzene rings is 2. The van der Waals surface area contributed by atoms with E-state index in [1.54, 1.807) is 79.9 Å². The number of hydrogen-bond acceptors (Lipinski definition) is 5. The van der Waals surface area contributed by atoms with Crippen LogP contribution in [-0.2, 0) is 6.54 Å². The Kier molecular flexibility index (Phi) is 5.53. The first-order valence-corrected chi connectivity index (χ1v) is 9.70. The summed E-state index contributed by atoms with van der Waals surface area (Å²) in [7, 11) is 0. The fourth-order valence-corrected chi connectivity index (χ4v) is 3.17. The van der Waals surface area contributed by atoms with Gasteiger partial charge in [0.25, 0.3) is 17.4 Å². The van der Waals surface area contributed by atoms with E-state index in [2.05, 4.69) is 20.7 Å². The number of nitrogens with zero attached hydrogens (tertiary/aromatic N) is 3. The first-order chi connectivity index (χ1) is 15.1. The zero-order valence-electron chi connectivity index (χ0n) is 16.7. The second-order valence-electron chi connectivity index (χ2n) is 6.72. The molecular formula is C23H19N5O3. The summed E-state index contributed by atoms with van der Waals surface area (Å²) in [6, 6.07) is 18.6. The number of fused-ring (bicyclic) bond motifs is 1. The highest BCUT2D eigenvalue weighted by Gasteiger charge is 2.17. The van der Waals surface area contributed by atoms with Crippen LogP contribution in [0.4, 0.5) is 11.5 Å². The Labute approximate surface area is 177 Å². The molecule has 0 aliphatic heterocycles. The summed E-state index contributed by atoms with van der Waals surface area (Å²) in [6.07, 6.45) is 1.58. The third-order valence-electron chi connectivity index (χ3n) is 4.67. The highest BCUT2D eigenvalue weighted by molar-refractivity contribution is 6.11. The van der Waals surface area contributed by atoms with Crippen molar-refractivity contribution in [3.63, 3.8) is 0 Å². The van der Waals surface area contributed by atoms with Crippen LogP contribution in [0.25, 0.3) is 10.8 Å². The van der Waals surface area contributed by atoms with Crippen LogP contribution in [0.1, 0.15) is 27.8 Å². The van der Waals surface area contributed by atoms with Gasteiger partial charge in [-0.3, -0.25) is 14.4 Å². The fraction of sp³-hybridized carbons (Fsp3) is 0.0870. The number of aryl methyl sites for hydroxylation is 1. The molecule has 4 aromatic rings. The predicted octanol–water partition coefficient (Wildman–Crippen LogP) is 3.32. The second-order valence-corrected chi connectivity index (χ2v) is 6.72. The fourth-order valence-electron chi connectivity index (χ4n) is 3.17. The van der Waals surface area contributed by atoms with Gasteiger partial charge in [0.05, 0.1) is 5.39 Å². The second kappa shape index (κ2) is 8.58. The number of pyridine rings is 1. The van der Waals surface area contributed by atoms with Gasteiger partial charge < -0.3 is 10.6 Å². The van der Waals surface area contributed by atoms with Crippen molar-refractivity contribution in [2.24, 2.45) is 0 Å². The van der Waals surface area contributed by atoms with Crippen LogP contribution < -0.4 is 16.2 Å². The number of amides is 2. The quantitative estimate of drug-likeness (QED) is 0.522. The Morgan fingerprint density at radius 1 is 0.903 bits per heavy atom. The minimum absolute atomic E-state index is 0.139. The molecule has 0 radical (unpaired) electrons. The van der Waals surface area contributed by atoms with Crippen molar-refractivity contribution >= 4 is 34.1 Å². The number of carbonyl (C=O) groups excluding carboxylic acids is 2. The first kappa shape index (κ1) is 20.0. The van der Waals surface area contributed by atoms with Gasteiger partial charge in [-0.05, 0) is 43.3 Å². The zero-order valence-corrected chi connectivity index (χ0v) is 16.7. The summed E-state index contributed by atoms with van der Waals surface area (Å²) in [5.74, 6) is -0.391. The molecule has 154 valence electrons. The molecule has 0 bridgehead atoms. The Morgan fingerprint density at radius 2 is 1.68 bits per heavy atom. The Balaban J connectivity index is 1.61.